The van der Waals surface area contributed by atoms with Gasteiger partial charge in [0, 0.05) is 32.3 Å². The van der Waals surface area contributed by atoms with Gasteiger partial charge in [0.25, 0.3) is 0 Å². The normalized spacial score (nSPS) is 17.4. The van der Waals surface area contributed by atoms with Gasteiger partial charge >= 0.3 is 0 Å². The van der Waals surface area contributed by atoms with Gasteiger partial charge in [0.15, 0.2) is 0 Å². The van der Waals surface area contributed by atoms with E-state index in [9.17, 15) is 9.59 Å². The number of rotatable bonds is 7. The zero-order valence-corrected chi connectivity index (χ0v) is 15.7. The average Bonchev–Trinajstić information content (AvgIpc) is 3.11. The number of nitrogens with zero attached hydrogens (tertiary/aromatic N) is 3. The van der Waals surface area contributed by atoms with Crippen LogP contribution in [-0.4, -0.2) is 58.7 Å². The first kappa shape index (κ1) is 19.1. The molecule has 0 saturated carbocycles. The largest absolute Gasteiger partial charge is 0.355 e. The monoisotopic (exact) mass is 369 g/mol. The lowest BCUT2D eigenvalue weighted by atomic mass is 10.1. The smallest absolute Gasteiger partial charge is 0.234 e. The average molecular weight is 369 g/mol. The number of carbonyl (C=O) groups is 2. The van der Waals surface area contributed by atoms with E-state index >= 15 is 0 Å². The number of hydrogen-bond donors (Lipinski definition) is 2. The minimum atomic E-state index is -0.0117. The van der Waals surface area contributed by atoms with Crippen molar-refractivity contribution in [2.75, 3.05) is 26.2 Å². The fourth-order valence-corrected chi connectivity index (χ4v) is 3.42. The number of nitrogens with one attached hydrogen (secondary N) is 2. The van der Waals surface area contributed by atoms with E-state index in [1.54, 1.807) is 0 Å². The lowest BCUT2D eigenvalue weighted by Gasteiger charge is -2.32. The number of amides is 2. The van der Waals surface area contributed by atoms with Gasteiger partial charge in [-0.15, -0.1) is 0 Å². The number of likely N-dealkylation sites (tertiary alicyclic amines) is 1. The highest BCUT2D eigenvalue weighted by atomic mass is 16.2. The molecule has 0 bridgehead atoms. The van der Waals surface area contributed by atoms with Crippen molar-refractivity contribution in [1.29, 1.82) is 0 Å². The van der Waals surface area contributed by atoms with E-state index in [1.807, 2.05) is 47.4 Å². The number of benzene rings is 1. The summed E-state index contributed by atoms with van der Waals surface area (Å²) in [4.78, 5) is 25.5. The van der Waals surface area contributed by atoms with E-state index in [-0.39, 0.29) is 17.9 Å². The third-order valence-corrected chi connectivity index (χ3v) is 4.67. The van der Waals surface area contributed by atoms with Gasteiger partial charge in [-0.25, -0.2) is 4.68 Å². The summed E-state index contributed by atoms with van der Waals surface area (Å²) in [6.07, 6.45) is 6.54. The van der Waals surface area contributed by atoms with E-state index in [2.05, 4.69) is 20.6 Å². The number of hydrogen-bond acceptors (Lipinski definition) is 4. The van der Waals surface area contributed by atoms with E-state index in [0.29, 0.717) is 13.1 Å². The maximum atomic E-state index is 12.2. The topological polar surface area (TPSA) is 79.3 Å². The molecule has 1 aliphatic heterocycles. The van der Waals surface area contributed by atoms with Gasteiger partial charge in [-0.2, -0.15) is 5.10 Å². The summed E-state index contributed by atoms with van der Waals surface area (Å²) in [5.74, 6) is 0.0104. The van der Waals surface area contributed by atoms with Gasteiger partial charge in [0.2, 0.25) is 11.8 Å². The van der Waals surface area contributed by atoms with Crippen molar-refractivity contribution in [3.05, 3.63) is 48.3 Å². The number of para-hydroxylation sites is 1. The Morgan fingerprint density at radius 3 is 2.85 bits per heavy atom. The quantitative estimate of drug-likeness (QED) is 0.767. The Morgan fingerprint density at radius 2 is 2.07 bits per heavy atom. The molecule has 1 atom stereocenters. The van der Waals surface area contributed by atoms with Crippen molar-refractivity contribution in [3.8, 4) is 5.69 Å². The third kappa shape index (κ3) is 5.92. The zero-order valence-electron chi connectivity index (χ0n) is 15.7. The summed E-state index contributed by atoms with van der Waals surface area (Å²) in [7, 11) is 0. The molecule has 0 aliphatic carbocycles. The molecule has 1 unspecified atom stereocenters. The maximum absolute atomic E-state index is 12.2. The Labute approximate surface area is 159 Å². The maximum Gasteiger partial charge on any atom is 0.234 e. The predicted octanol–water partition coefficient (Wildman–Crippen LogP) is 1.13. The highest BCUT2D eigenvalue weighted by Crippen LogP contribution is 2.10. The van der Waals surface area contributed by atoms with Crippen LogP contribution in [0, 0.1) is 0 Å². The van der Waals surface area contributed by atoms with Crippen molar-refractivity contribution < 1.29 is 9.59 Å². The molecule has 144 valence electrons. The van der Waals surface area contributed by atoms with Crippen LogP contribution in [0.4, 0.5) is 0 Å². The van der Waals surface area contributed by atoms with Crippen LogP contribution < -0.4 is 10.6 Å². The van der Waals surface area contributed by atoms with Crippen molar-refractivity contribution in [2.45, 2.75) is 32.2 Å². The molecule has 1 aliphatic rings. The molecule has 0 radical (unpaired) electrons. The molecule has 1 fully saturated rings. The first-order chi connectivity index (χ1) is 13.1. The van der Waals surface area contributed by atoms with Gasteiger partial charge in [0.05, 0.1) is 18.4 Å². The highest BCUT2D eigenvalue weighted by Gasteiger charge is 2.21. The highest BCUT2D eigenvalue weighted by molar-refractivity contribution is 5.78. The second kappa shape index (κ2) is 9.32. The van der Waals surface area contributed by atoms with Gasteiger partial charge in [-0.1, -0.05) is 18.2 Å². The lowest BCUT2D eigenvalue weighted by Crippen LogP contribution is -2.49. The Morgan fingerprint density at radius 1 is 1.26 bits per heavy atom. The summed E-state index contributed by atoms with van der Waals surface area (Å²) < 4.78 is 1.84. The van der Waals surface area contributed by atoms with Gasteiger partial charge in [-0.3, -0.25) is 14.5 Å². The Balaban J connectivity index is 1.40. The van der Waals surface area contributed by atoms with E-state index in [1.165, 1.54) is 6.92 Å². The van der Waals surface area contributed by atoms with Gasteiger partial charge in [-0.05, 0) is 43.5 Å². The molecule has 1 aromatic heterocycles. The Kier molecular flexibility index (Phi) is 6.59. The van der Waals surface area contributed by atoms with Crippen molar-refractivity contribution in [1.82, 2.24) is 25.3 Å². The molecule has 7 heteroatoms. The minimum Gasteiger partial charge on any atom is -0.355 e. The molecule has 2 heterocycles. The third-order valence-electron chi connectivity index (χ3n) is 4.67. The molecule has 0 spiro atoms. The SMILES string of the molecule is CC(=O)NC1CCCN(CC(=O)NCCc2cnn(-c3ccccc3)c2)C1. The summed E-state index contributed by atoms with van der Waals surface area (Å²) in [6, 6.07) is 10.1. The van der Waals surface area contributed by atoms with Crippen LogP contribution in [0.1, 0.15) is 25.3 Å². The molecule has 1 saturated heterocycles. The van der Waals surface area contributed by atoms with Crippen LogP contribution in [0.5, 0.6) is 0 Å². The number of piperidine rings is 1. The van der Waals surface area contributed by atoms with Crippen LogP contribution in [0.2, 0.25) is 0 Å². The van der Waals surface area contributed by atoms with E-state index in [4.69, 9.17) is 0 Å². The summed E-state index contributed by atoms with van der Waals surface area (Å²) >= 11 is 0. The Hall–Kier alpha value is -2.67. The van der Waals surface area contributed by atoms with Crippen molar-refractivity contribution in [2.24, 2.45) is 0 Å². The molecule has 3 rings (SSSR count). The molecular weight excluding hydrogens is 342 g/mol. The van der Waals surface area contributed by atoms with Crippen molar-refractivity contribution >= 4 is 11.8 Å². The second-order valence-electron chi connectivity index (χ2n) is 7.00. The standard InChI is InChI=1S/C20H27N5O2/c1-16(26)23-18-6-5-11-24(14-18)15-20(27)21-10-9-17-12-22-25(13-17)19-7-3-2-4-8-19/h2-4,7-8,12-13,18H,5-6,9-11,14-15H2,1H3,(H,21,27)(H,23,26). The fourth-order valence-electron chi connectivity index (χ4n) is 3.42. The van der Waals surface area contributed by atoms with Gasteiger partial charge in [0.1, 0.15) is 0 Å². The molecule has 2 N–H and O–H groups in total. The van der Waals surface area contributed by atoms with Crippen molar-refractivity contribution in [3.63, 3.8) is 0 Å². The predicted molar refractivity (Wildman–Crippen MR) is 104 cm³/mol. The second-order valence-corrected chi connectivity index (χ2v) is 7.00. The fraction of sp³-hybridized carbons (Fsp3) is 0.450. The number of carbonyl (C=O) groups excluding carboxylic acids is 2. The van der Waals surface area contributed by atoms with Crippen LogP contribution in [0.25, 0.3) is 5.69 Å². The molecule has 1 aromatic carbocycles. The minimum absolute atomic E-state index is 0.0117. The van der Waals surface area contributed by atoms with Crippen LogP contribution in [-0.2, 0) is 16.0 Å². The first-order valence-corrected chi connectivity index (χ1v) is 9.45. The summed E-state index contributed by atoms with van der Waals surface area (Å²) in [6.45, 7) is 4.12. The number of aromatic nitrogens is 2. The summed E-state index contributed by atoms with van der Waals surface area (Å²) in [5.41, 5.74) is 2.11. The molecule has 2 aromatic rings. The molecular formula is C20H27N5O2. The summed E-state index contributed by atoms with van der Waals surface area (Å²) in [5, 5.41) is 10.3. The lowest BCUT2D eigenvalue weighted by molar-refractivity contribution is -0.122. The molecule has 7 nitrogen and oxygen atoms in total. The Bertz CT molecular complexity index is 759. The molecule has 2 amide bonds. The van der Waals surface area contributed by atoms with Crippen LogP contribution >= 0.6 is 0 Å². The molecule has 27 heavy (non-hydrogen) atoms. The van der Waals surface area contributed by atoms with E-state index in [0.717, 1.165) is 43.6 Å². The van der Waals surface area contributed by atoms with Gasteiger partial charge < -0.3 is 10.6 Å². The van der Waals surface area contributed by atoms with E-state index < -0.39 is 0 Å². The first-order valence-electron chi connectivity index (χ1n) is 9.45. The van der Waals surface area contributed by atoms with Crippen LogP contribution in [0.3, 0.4) is 0 Å². The zero-order chi connectivity index (χ0) is 19.1. The van der Waals surface area contributed by atoms with Crippen LogP contribution in [0.15, 0.2) is 42.7 Å².